The Balaban J connectivity index is 2.19. The predicted molar refractivity (Wildman–Crippen MR) is 73.4 cm³/mol. The van der Waals surface area contributed by atoms with Crippen molar-refractivity contribution in [1.82, 2.24) is 19.6 Å². The van der Waals surface area contributed by atoms with Gasteiger partial charge in [0.2, 0.25) is 5.65 Å². The second-order valence-electron chi connectivity index (χ2n) is 4.27. The molecule has 0 spiro atoms. The molecule has 1 N–H and O–H groups in total. The molecular weight excluding hydrogens is 242 g/mol. The maximum atomic E-state index is 5.04. The van der Waals surface area contributed by atoms with Gasteiger partial charge in [-0.2, -0.15) is 0 Å². The number of ether oxygens (including phenoxy) is 1. The van der Waals surface area contributed by atoms with Crippen LogP contribution in [-0.2, 0) is 4.74 Å². The lowest BCUT2D eigenvalue weighted by atomic mass is 10.3. The lowest BCUT2D eigenvalue weighted by Gasteiger charge is -2.09. The molecule has 6 heteroatoms. The summed E-state index contributed by atoms with van der Waals surface area (Å²) in [4.78, 5) is 4.60. The van der Waals surface area contributed by atoms with E-state index in [1.54, 1.807) is 7.11 Å². The van der Waals surface area contributed by atoms with Gasteiger partial charge in [0.25, 0.3) is 0 Å². The topological polar surface area (TPSA) is 64.3 Å². The number of nitrogens with zero attached hydrogens (tertiary/aromatic N) is 4. The number of aryl methyl sites for hydroxylation is 1. The Hall–Kier alpha value is -2.21. The van der Waals surface area contributed by atoms with E-state index in [0.29, 0.717) is 13.2 Å². The van der Waals surface area contributed by atoms with E-state index in [0.717, 1.165) is 28.3 Å². The van der Waals surface area contributed by atoms with Crippen molar-refractivity contribution in [2.75, 3.05) is 25.6 Å². The summed E-state index contributed by atoms with van der Waals surface area (Å²) >= 11 is 0. The van der Waals surface area contributed by atoms with Gasteiger partial charge in [-0.25, -0.2) is 4.98 Å². The lowest BCUT2D eigenvalue weighted by molar-refractivity contribution is 0.210. The summed E-state index contributed by atoms with van der Waals surface area (Å²) in [6.07, 6.45) is 0. The molecule has 0 atom stereocenters. The van der Waals surface area contributed by atoms with Gasteiger partial charge in [0.05, 0.1) is 17.6 Å². The van der Waals surface area contributed by atoms with Crippen molar-refractivity contribution in [3.05, 3.63) is 30.1 Å². The van der Waals surface area contributed by atoms with Crippen LogP contribution in [0.15, 0.2) is 24.3 Å². The highest BCUT2D eigenvalue weighted by molar-refractivity contribution is 5.82. The van der Waals surface area contributed by atoms with Crippen molar-refractivity contribution in [3.63, 3.8) is 0 Å². The van der Waals surface area contributed by atoms with E-state index in [2.05, 4.69) is 20.5 Å². The third-order valence-electron chi connectivity index (χ3n) is 2.99. The van der Waals surface area contributed by atoms with Crippen LogP contribution in [0.1, 0.15) is 5.82 Å². The van der Waals surface area contributed by atoms with E-state index in [9.17, 15) is 0 Å². The van der Waals surface area contributed by atoms with E-state index < -0.39 is 0 Å². The van der Waals surface area contributed by atoms with Gasteiger partial charge in [0.1, 0.15) is 5.82 Å². The van der Waals surface area contributed by atoms with Crippen LogP contribution in [0.2, 0.25) is 0 Å². The largest absolute Gasteiger partial charge is 0.383 e. The molecule has 2 heterocycles. The normalized spacial score (nSPS) is 11.3. The van der Waals surface area contributed by atoms with Crippen molar-refractivity contribution in [1.29, 1.82) is 0 Å². The van der Waals surface area contributed by atoms with Gasteiger partial charge in [0.15, 0.2) is 5.82 Å². The number of nitrogens with one attached hydrogen (secondary N) is 1. The van der Waals surface area contributed by atoms with Gasteiger partial charge in [-0.3, -0.25) is 4.40 Å². The highest BCUT2D eigenvalue weighted by atomic mass is 16.5. The maximum Gasteiger partial charge on any atom is 0.204 e. The van der Waals surface area contributed by atoms with Crippen LogP contribution in [0.25, 0.3) is 16.7 Å². The minimum absolute atomic E-state index is 0.619. The van der Waals surface area contributed by atoms with E-state index in [4.69, 9.17) is 4.74 Å². The van der Waals surface area contributed by atoms with Gasteiger partial charge in [-0.15, -0.1) is 10.2 Å². The number of para-hydroxylation sites is 2. The quantitative estimate of drug-likeness (QED) is 0.720. The first kappa shape index (κ1) is 11.9. The molecule has 0 saturated carbocycles. The van der Waals surface area contributed by atoms with Crippen LogP contribution in [0.3, 0.4) is 0 Å². The monoisotopic (exact) mass is 257 g/mol. The molecule has 2 aromatic heterocycles. The zero-order valence-electron chi connectivity index (χ0n) is 10.9. The third kappa shape index (κ3) is 2.00. The molecule has 0 fully saturated rings. The van der Waals surface area contributed by atoms with Crippen molar-refractivity contribution in [2.24, 2.45) is 0 Å². The fourth-order valence-electron chi connectivity index (χ4n) is 2.11. The molecule has 3 rings (SSSR count). The SMILES string of the molecule is COCCNc1nc2ccccc2n2c(C)nnc12. The average Bonchev–Trinajstić information content (AvgIpc) is 2.82. The summed E-state index contributed by atoms with van der Waals surface area (Å²) in [5, 5.41) is 11.6. The predicted octanol–water partition coefficient (Wildman–Crippen LogP) is 1.64. The molecule has 0 aliphatic rings. The first-order chi connectivity index (χ1) is 9.31. The molecule has 0 bridgehead atoms. The van der Waals surface area contributed by atoms with Crippen LogP contribution in [0.5, 0.6) is 0 Å². The van der Waals surface area contributed by atoms with Gasteiger partial charge in [0, 0.05) is 13.7 Å². The molecule has 19 heavy (non-hydrogen) atoms. The molecule has 6 nitrogen and oxygen atoms in total. The highest BCUT2D eigenvalue weighted by Crippen LogP contribution is 2.20. The zero-order chi connectivity index (χ0) is 13.2. The Morgan fingerprint density at radius 2 is 2.11 bits per heavy atom. The van der Waals surface area contributed by atoms with Crippen molar-refractivity contribution < 1.29 is 4.74 Å². The first-order valence-corrected chi connectivity index (χ1v) is 6.14. The Morgan fingerprint density at radius 3 is 2.95 bits per heavy atom. The van der Waals surface area contributed by atoms with Crippen LogP contribution in [-0.4, -0.2) is 39.8 Å². The lowest BCUT2D eigenvalue weighted by Crippen LogP contribution is -2.10. The summed E-state index contributed by atoms with van der Waals surface area (Å²) < 4.78 is 7.05. The van der Waals surface area contributed by atoms with Crippen LogP contribution >= 0.6 is 0 Å². The molecule has 0 aliphatic carbocycles. The van der Waals surface area contributed by atoms with Gasteiger partial charge < -0.3 is 10.1 Å². The van der Waals surface area contributed by atoms with Gasteiger partial charge in [-0.05, 0) is 19.1 Å². The average molecular weight is 257 g/mol. The molecule has 0 amide bonds. The highest BCUT2D eigenvalue weighted by Gasteiger charge is 2.11. The molecular formula is C13H15N5O. The number of aromatic nitrogens is 4. The van der Waals surface area contributed by atoms with Crippen LogP contribution < -0.4 is 5.32 Å². The van der Waals surface area contributed by atoms with Crippen LogP contribution in [0.4, 0.5) is 5.82 Å². The van der Waals surface area contributed by atoms with Crippen molar-refractivity contribution in [3.8, 4) is 0 Å². The number of hydrogen-bond acceptors (Lipinski definition) is 5. The number of anilines is 1. The second-order valence-corrected chi connectivity index (χ2v) is 4.27. The second kappa shape index (κ2) is 4.81. The Bertz CT molecular complexity index is 721. The summed E-state index contributed by atoms with van der Waals surface area (Å²) in [5.41, 5.74) is 2.67. The fraction of sp³-hybridized carbons (Fsp3) is 0.308. The number of hydrogen-bond donors (Lipinski definition) is 1. The number of rotatable bonds is 4. The molecule has 0 saturated heterocycles. The molecule has 3 aromatic rings. The fourth-order valence-corrected chi connectivity index (χ4v) is 2.11. The Morgan fingerprint density at radius 1 is 1.26 bits per heavy atom. The molecule has 1 aromatic carbocycles. The van der Waals surface area contributed by atoms with Crippen LogP contribution in [0, 0.1) is 6.92 Å². The summed E-state index contributed by atoms with van der Waals surface area (Å²) in [7, 11) is 1.67. The Labute approximate surface area is 110 Å². The third-order valence-corrected chi connectivity index (χ3v) is 2.99. The number of methoxy groups -OCH3 is 1. The summed E-state index contributed by atoms with van der Waals surface area (Å²) in [6.45, 7) is 3.24. The van der Waals surface area contributed by atoms with E-state index >= 15 is 0 Å². The van der Waals surface area contributed by atoms with Gasteiger partial charge >= 0.3 is 0 Å². The van der Waals surface area contributed by atoms with Gasteiger partial charge in [-0.1, -0.05) is 12.1 Å². The van der Waals surface area contributed by atoms with Crippen molar-refractivity contribution >= 4 is 22.5 Å². The first-order valence-electron chi connectivity index (χ1n) is 6.14. The summed E-state index contributed by atoms with van der Waals surface area (Å²) in [6, 6.07) is 7.96. The van der Waals surface area contributed by atoms with E-state index in [1.165, 1.54) is 0 Å². The number of fused-ring (bicyclic) bond motifs is 3. The molecule has 0 unspecified atom stereocenters. The summed E-state index contributed by atoms with van der Waals surface area (Å²) in [5.74, 6) is 1.58. The molecule has 98 valence electrons. The standard InChI is InChI=1S/C13H15N5O/c1-9-16-17-13-12(14-7-8-19-2)15-10-5-3-4-6-11(10)18(9)13/h3-6H,7-8H2,1-2H3,(H,14,15). The Kier molecular flexibility index (Phi) is 3.00. The smallest absolute Gasteiger partial charge is 0.204 e. The minimum Gasteiger partial charge on any atom is -0.383 e. The van der Waals surface area contributed by atoms with E-state index in [-0.39, 0.29) is 0 Å². The minimum atomic E-state index is 0.619. The zero-order valence-corrected chi connectivity index (χ0v) is 10.9. The maximum absolute atomic E-state index is 5.04. The van der Waals surface area contributed by atoms with Crippen molar-refractivity contribution in [2.45, 2.75) is 6.92 Å². The number of benzene rings is 1. The molecule has 0 aliphatic heterocycles. The van der Waals surface area contributed by atoms with E-state index in [1.807, 2.05) is 35.6 Å². The molecule has 0 radical (unpaired) electrons.